The third kappa shape index (κ3) is 4.16. The molecule has 0 fully saturated rings. The molecule has 3 heteroatoms. The fourth-order valence-corrected chi connectivity index (χ4v) is 4.08. The van der Waals surface area contributed by atoms with E-state index in [2.05, 4.69) is 42.5 Å². The highest BCUT2D eigenvalue weighted by Crippen LogP contribution is 2.30. The Morgan fingerprint density at radius 2 is 1.35 bits per heavy atom. The van der Waals surface area contributed by atoms with Gasteiger partial charge in [0, 0.05) is 10.9 Å². The quantitative estimate of drug-likeness (QED) is 0.290. The number of hydrogen-bond donors (Lipinski definition) is 1. The molecule has 1 aromatic heterocycles. The molecule has 1 unspecified atom stereocenters. The summed E-state index contributed by atoms with van der Waals surface area (Å²) in [6.45, 7) is 1.72. The van der Waals surface area contributed by atoms with Crippen molar-refractivity contribution in [2.75, 3.05) is 0 Å². The average molecular weight is 445 g/mol. The first kappa shape index (κ1) is 21.5. The summed E-state index contributed by atoms with van der Waals surface area (Å²) in [5.74, 6) is -0.0238. The van der Waals surface area contributed by atoms with Gasteiger partial charge in [-0.15, -0.1) is 0 Å². The van der Waals surface area contributed by atoms with E-state index in [1.165, 1.54) is 0 Å². The standard InChI is InChI=1S/C31H24O3/c1-31(30(32)33,27-8-3-2-4-9-27)20-19-22-11-13-23(14-12-22)24-15-17-25(18-16-24)29-21-26-7-5-6-10-28(26)34-29/h2-21H,1H3,(H,32,33). The lowest BCUT2D eigenvalue weighted by Gasteiger charge is -2.21. The Morgan fingerprint density at radius 3 is 2.00 bits per heavy atom. The number of hydrogen-bond acceptors (Lipinski definition) is 2. The summed E-state index contributed by atoms with van der Waals surface area (Å²) in [6, 6.07) is 35.8. The molecule has 0 aliphatic carbocycles. The van der Waals surface area contributed by atoms with E-state index in [-0.39, 0.29) is 0 Å². The van der Waals surface area contributed by atoms with Crippen molar-refractivity contribution in [3.05, 3.63) is 126 Å². The zero-order valence-corrected chi connectivity index (χ0v) is 18.8. The number of para-hydroxylation sites is 1. The number of rotatable bonds is 6. The second-order valence-corrected chi connectivity index (χ2v) is 8.55. The molecule has 34 heavy (non-hydrogen) atoms. The molecule has 0 saturated heterocycles. The number of furan rings is 1. The molecule has 0 spiro atoms. The SMILES string of the molecule is CC(C=Cc1ccc(-c2ccc(-c3cc4ccccc4o3)cc2)cc1)(C(=O)O)c1ccccc1. The Hall–Kier alpha value is -4.37. The molecule has 3 nitrogen and oxygen atoms in total. The molecule has 0 amide bonds. The van der Waals surface area contributed by atoms with Crippen LogP contribution < -0.4 is 0 Å². The van der Waals surface area contributed by atoms with E-state index in [9.17, 15) is 9.90 Å². The minimum Gasteiger partial charge on any atom is -0.480 e. The van der Waals surface area contributed by atoms with E-state index in [4.69, 9.17) is 4.42 Å². The summed E-state index contributed by atoms with van der Waals surface area (Å²) in [7, 11) is 0. The first-order valence-electron chi connectivity index (χ1n) is 11.2. The van der Waals surface area contributed by atoms with Crippen LogP contribution in [0.5, 0.6) is 0 Å². The third-order valence-corrected chi connectivity index (χ3v) is 6.27. The minimum atomic E-state index is -1.09. The molecule has 0 aliphatic rings. The molecular weight excluding hydrogens is 420 g/mol. The first-order valence-corrected chi connectivity index (χ1v) is 11.2. The second kappa shape index (κ2) is 8.87. The number of carboxylic acids is 1. The lowest BCUT2D eigenvalue weighted by molar-refractivity contribution is -0.141. The normalized spacial score (nSPS) is 13.2. The van der Waals surface area contributed by atoms with Gasteiger partial charge >= 0.3 is 5.97 Å². The van der Waals surface area contributed by atoms with Gasteiger partial charge in [-0.2, -0.15) is 0 Å². The van der Waals surface area contributed by atoms with Gasteiger partial charge in [-0.05, 0) is 41.3 Å². The summed E-state index contributed by atoms with van der Waals surface area (Å²) in [4.78, 5) is 12.0. The van der Waals surface area contributed by atoms with Crippen LogP contribution in [0.4, 0.5) is 0 Å². The van der Waals surface area contributed by atoms with Crippen LogP contribution in [0, 0.1) is 0 Å². The fourth-order valence-electron chi connectivity index (χ4n) is 4.08. The predicted molar refractivity (Wildman–Crippen MR) is 138 cm³/mol. The summed E-state index contributed by atoms with van der Waals surface area (Å²) < 4.78 is 5.97. The van der Waals surface area contributed by atoms with Gasteiger partial charge in [0.25, 0.3) is 0 Å². The summed E-state index contributed by atoms with van der Waals surface area (Å²) >= 11 is 0. The van der Waals surface area contributed by atoms with Crippen molar-refractivity contribution in [2.24, 2.45) is 0 Å². The molecular formula is C31H24O3. The number of fused-ring (bicyclic) bond motifs is 1. The monoisotopic (exact) mass is 444 g/mol. The third-order valence-electron chi connectivity index (χ3n) is 6.27. The number of aliphatic carboxylic acids is 1. The van der Waals surface area contributed by atoms with Gasteiger partial charge in [0.05, 0.1) is 0 Å². The van der Waals surface area contributed by atoms with Crippen LogP contribution in [0.2, 0.25) is 0 Å². The summed E-state index contributed by atoms with van der Waals surface area (Å²) in [6.07, 6.45) is 3.62. The summed E-state index contributed by atoms with van der Waals surface area (Å²) in [5.41, 5.74) is 4.73. The van der Waals surface area contributed by atoms with Crippen molar-refractivity contribution in [2.45, 2.75) is 12.3 Å². The van der Waals surface area contributed by atoms with Crippen LogP contribution in [-0.2, 0) is 10.2 Å². The van der Waals surface area contributed by atoms with Crippen molar-refractivity contribution in [1.29, 1.82) is 0 Å². The highest BCUT2D eigenvalue weighted by molar-refractivity contribution is 5.85. The molecule has 1 atom stereocenters. The van der Waals surface area contributed by atoms with Gasteiger partial charge in [0.1, 0.15) is 16.8 Å². The molecule has 4 aromatic carbocycles. The maximum Gasteiger partial charge on any atom is 0.317 e. The van der Waals surface area contributed by atoms with Gasteiger partial charge in [-0.1, -0.05) is 109 Å². The number of benzene rings is 4. The minimum absolute atomic E-state index is 0.750. The van der Waals surface area contributed by atoms with Crippen LogP contribution >= 0.6 is 0 Å². The summed E-state index contributed by atoms with van der Waals surface area (Å²) in [5, 5.41) is 10.9. The topological polar surface area (TPSA) is 50.4 Å². The number of carboxylic acid groups (broad SMARTS) is 1. The molecule has 166 valence electrons. The Balaban J connectivity index is 1.35. The van der Waals surface area contributed by atoms with Gasteiger partial charge in [0.2, 0.25) is 0 Å². The van der Waals surface area contributed by atoms with E-state index in [1.807, 2.05) is 72.8 Å². The molecule has 0 saturated carbocycles. The predicted octanol–water partition coefficient (Wildman–Crippen LogP) is 7.82. The van der Waals surface area contributed by atoms with E-state index in [1.54, 1.807) is 13.0 Å². The van der Waals surface area contributed by atoms with Gasteiger partial charge in [-0.25, -0.2) is 0 Å². The van der Waals surface area contributed by atoms with Gasteiger partial charge in [-0.3, -0.25) is 4.79 Å². The van der Waals surface area contributed by atoms with Crippen molar-refractivity contribution in [3.8, 4) is 22.5 Å². The zero-order valence-electron chi connectivity index (χ0n) is 18.8. The molecule has 0 aliphatic heterocycles. The first-order chi connectivity index (χ1) is 16.5. The highest BCUT2D eigenvalue weighted by atomic mass is 16.4. The van der Waals surface area contributed by atoms with E-state index in [0.717, 1.165) is 44.5 Å². The van der Waals surface area contributed by atoms with Crippen LogP contribution in [0.25, 0.3) is 39.5 Å². The van der Waals surface area contributed by atoms with E-state index in [0.29, 0.717) is 0 Å². The van der Waals surface area contributed by atoms with Crippen LogP contribution in [0.15, 0.2) is 120 Å². The smallest absolute Gasteiger partial charge is 0.317 e. The van der Waals surface area contributed by atoms with Crippen molar-refractivity contribution >= 4 is 23.0 Å². The lowest BCUT2D eigenvalue weighted by Crippen LogP contribution is -2.29. The maximum absolute atomic E-state index is 12.0. The molecule has 1 N–H and O–H groups in total. The van der Waals surface area contributed by atoms with Crippen molar-refractivity contribution in [3.63, 3.8) is 0 Å². The van der Waals surface area contributed by atoms with Crippen LogP contribution in [-0.4, -0.2) is 11.1 Å². The lowest BCUT2D eigenvalue weighted by atomic mass is 9.82. The molecule has 5 aromatic rings. The Labute approximate surface area is 198 Å². The highest BCUT2D eigenvalue weighted by Gasteiger charge is 2.32. The number of carbonyl (C=O) groups is 1. The Kier molecular flexibility index (Phi) is 5.60. The van der Waals surface area contributed by atoms with Crippen molar-refractivity contribution < 1.29 is 14.3 Å². The molecule has 1 heterocycles. The molecule has 0 radical (unpaired) electrons. The second-order valence-electron chi connectivity index (χ2n) is 8.55. The zero-order chi connectivity index (χ0) is 23.5. The van der Waals surface area contributed by atoms with E-state index >= 15 is 0 Å². The van der Waals surface area contributed by atoms with Crippen molar-refractivity contribution in [1.82, 2.24) is 0 Å². The Bertz CT molecular complexity index is 1430. The van der Waals surface area contributed by atoms with E-state index < -0.39 is 11.4 Å². The van der Waals surface area contributed by atoms with Crippen LogP contribution in [0.3, 0.4) is 0 Å². The fraction of sp³-hybridized carbons (Fsp3) is 0.0645. The molecule has 0 bridgehead atoms. The van der Waals surface area contributed by atoms with Gasteiger partial charge < -0.3 is 9.52 Å². The Morgan fingerprint density at radius 1 is 0.765 bits per heavy atom. The average Bonchev–Trinajstić information content (AvgIpc) is 3.32. The molecule has 5 rings (SSSR count). The maximum atomic E-state index is 12.0. The van der Waals surface area contributed by atoms with Gasteiger partial charge in [0.15, 0.2) is 0 Å². The largest absolute Gasteiger partial charge is 0.480 e. The van der Waals surface area contributed by atoms with Crippen LogP contribution in [0.1, 0.15) is 18.1 Å².